The number of esters is 1. The summed E-state index contributed by atoms with van der Waals surface area (Å²) in [6, 6.07) is 0. The third kappa shape index (κ3) is 3.74. The third-order valence-electron chi connectivity index (χ3n) is 2.20. The summed E-state index contributed by atoms with van der Waals surface area (Å²) < 4.78 is 4.93. The lowest BCUT2D eigenvalue weighted by atomic mass is 10.3. The highest BCUT2D eigenvalue weighted by atomic mass is 16.5. The van der Waals surface area contributed by atoms with Crippen LogP contribution in [0.25, 0.3) is 0 Å². The van der Waals surface area contributed by atoms with Crippen molar-refractivity contribution in [3.8, 4) is 0 Å². The molecule has 1 heterocycles. The molecule has 1 fully saturated rings. The van der Waals surface area contributed by atoms with E-state index in [1.807, 2.05) is 0 Å². The van der Waals surface area contributed by atoms with Crippen LogP contribution in [0.3, 0.4) is 0 Å². The minimum absolute atomic E-state index is 0.0872. The summed E-state index contributed by atoms with van der Waals surface area (Å²) in [6.07, 6.45) is 2.06. The van der Waals surface area contributed by atoms with E-state index >= 15 is 0 Å². The summed E-state index contributed by atoms with van der Waals surface area (Å²) in [5.41, 5.74) is 0. The van der Waals surface area contributed by atoms with E-state index in [0.29, 0.717) is 6.54 Å². The van der Waals surface area contributed by atoms with E-state index < -0.39 is 0 Å². The second-order valence-corrected chi connectivity index (χ2v) is 3.42. The number of nitrogens with zero attached hydrogens (tertiary/aromatic N) is 1. The maximum atomic E-state index is 10.6. The molecule has 0 spiro atoms. The van der Waals surface area contributed by atoms with E-state index in [-0.39, 0.29) is 18.7 Å². The average Bonchev–Trinajstić information content (AvgIpc) is 2.55. The molecule has 0 saturated carbocycles. The number of carbonyl (C=O) groups excluding carboxylic acids is 1. The van der Waals surface area contributed by atoms with Gasteiger partial charge in [-0.2, -0.15) is 0 Å². The number of hydrogen-bond acceptors (Lipinski definition) is 4. The number of likely N-dealkylation sites (tertiary alicyclic amines) is 1. The summed E-state index contributed by atoms with van der Waals surface area (Å²) in [7, 11) is 0. The molecule has 4 heteroatoms. The molecule has 1 unspecified atom stereocenters. The fourth-order valence-corrected chi connectivity index (χ4v) is 1.62. The first kappa shape index (κ1) is 10.5. The third-order valence-corrected chi connectivity index (χ3v) is 2.20. The van der Waals surface area contributed by atoms with Crippen LogP contribution in [0.5, 0.6) is 0 Å². The monoisotopic (exact) mass is 187 g/mol. The van der Waals surface area contributed by atoms with Gasteiger partial charge in [-0.15, -0.1) is 0 Å². The Balaban J connectivity index is 2.25. The van der Waals surface area contributed by atoms with Crippen molar-refractivity contribution in [1.82, 2.24) is 4.90 Å². The molecule has 1 saturated heterocycles. The summed E-state index contributed by atoms with van der Waals surface area (Å²) in [4.78, 5) is 12.8. The first-order chi connectivity index (χ1) is 6.22. The second-order valence-electron chi connectivity index (χ2n) is 3.42. The standard InChI is InChI=1S/C9H17NO3/c1-8(12)13-9(7-11)6-10-4-2-3-5-10/h9,11H,2-7H2,1H3. The molecule has 0 aromatic rings. The quantitative estimate of drug-likeness (QED) is 0.630. The molecule has 1 rings (SSSR count). The molecule has 0 aliphatic carbocycles. The Morgan fingerprint density at radius 2 is 2.15 bits per heavy atom. The smallest absolute Gasteiger partial charge is 0.303 e. The van der Waals surface area contributed by atoms with Crippen LogP contribution in [0.15, 0.2) is 0 Å². The van der Waals surface area contributed by atoms with Gasteiger partial charge in [-0.05, 0) is 25.9 Å². The summed E-state index contributed by atoms with van der Waals surface area (Å²) in [6.45, 7) is 4.05. The van der Waals surface area contributed by atoms with Gasteiger partial charge in [0.1, 0.15) is 6.10 Å². The molecule has 0 bridgehead atoms. The van der Waals surface area contributed by atoms with Crippen LogP contribution in [0.4, 0.5) is 0 Å². The largest absolute Gasteiger partial charge is 0.459 e. The van der Waals surface area contributed by atoms with Gasteiger partial charge in [-0.1, -0.05) is 0 Å². The number of ether oxygens (including phenoxy) is 1. The summed E-state index contributed by atoms with van der Waals surface area (Å²) in [5, 5.41) is 8.93. The van der Waals surface area contributed by atoms with Crippen LogP contribution in [0, 0.1) is 0 Å². The minimum atomic E-state index is -0.351. The molecule has 1 aliphatic heterocycles. The Bertz CT molecular complexity index is 166. The minimum Gasteiger partial charge on any atom is -0.459 e. The lowest BCUT2D eigenvalue weighted by Gasteiger charge is -2.21. The van der Waals surface area contributed by atoms with Gasteiger partial charge >= 0.3 is 5.97 Å². The molecule has 13 heavy (non-hydrogen) atoms. The average molecular weight is 187 g/mol. The van der Waals surface area contributed by atoms with Crippen molar-refractivity contribution in [2.45, 2.75) is 25.9 Å². The Labute approximate surface area is 78.5 Å². The molecule has 76 valence electrons. The van der Waals surface area contributed by atoms with Gasteiger partial charge < -0.3 is 9.84 Å². The lowest BCUT2D eigenvalue weighted by Crippen LogP contribution is -2.35. The van der Waals surface area contributed by atoms with E-state index in [0.717, 1.165) is 13.1 Å². The first-order valence-corrected chi connectivity index (χ1v) is 4.73. The van der Waals surface area contributed by atoms with Gasteiger partial charge in [0.15, 0.2) is 0 Å². The fraction of sp³-hybridized carbons (Fsp3) is 0.889. The Morgan fingerprint density at radius 3 is 2.62 bits per heavy atom. The van der Waals surface area contributed by atoms with Gasteiger partial charge in [-0.3, -0.25) is 9.69 Å². The second kappa shape index (κ2) is 5.19. The van der Waals surface area contributed by atoms with Crippen molar-refractivity contribution in [2.75, 3.05) is 26.2 Å². The number of hydrogen-bond donors (Lipinski definition) is 1. The van der Waals surface area contributed by atoms with Gasteiger partial charge in [0.05, 0.1) is 6.61 Å². The topological polar surface area (TPSA) is 49.8 Å². The van der Waals surface area contributed by atoms with Gasteiger partial charge in [0.25, 0.3) is 0 Å². The highest BCUT2D eigenvalue weighted by Crippen LogP contribution is 2.08. The molecule has 0 amide bonds. The summed E-state index contributed by atoms with van der Waals surface area (Å²) >= 11 is 0. The maximum absolute atomic E-state index is 10.6. The van der Waals surface area contributed by atoms with Crippen LogP contribution < -0.4 is 0 Å². The van der Waals surface area contributed by atoms with Gasteiger partial charge in [0, 0.05) is 13.5 Å². The van der Waals surface area contributed by atoms with Crippen molar-refractivity contribution < 1.29 is 14.6 Å². The van der Waals surface area contributed by atoms with Gasteiger partial charge in [0.2, 0.25) is 0 Å². The SMILES string of the molecule is CC(=O)OC(CO)CN1CCCC1. The number of aliphatic hydroxyl groups excluding tert-OH is 1. The fourth-order valence-electron chi connectivity index (χ4n) is 1.62. The first-order valence-electron chi connectivity index (χ1n) is 4.73. The molecule has 4 nitrogen and oxygen atoms in total. The predicted octanol–water partition coefficient (Wildman–Crippen LogP) is 0.00620. The van der Waals surface area contributed by atoms with Crippen LogP contribution >= 0.6 is 0 Å². The lowest BCUT2D eigenvalue weighted by molar-refractivity contribution is -0.149. The number of carbonyl (C=O) groups is 1. The molecule has 1 atom stereocenters. The van der Waals surface area contributed by atoms with Crippen molar-refractivity contribution in [3.63, 3.8) is 0 Å². The van der Waals surface area contributed by atoms with Gasteiger partial charge in [-0.25, -0.2) is 0 Å². The molecule has 0 aromatic carbocycles. The molecular weight excluding hydrogens is 170 g/mol. The van der Waals surface area contributed by atoms with E-state index in [4.69, 9.17) is 9.84 Å². The van der Waals surface area contributed by atoms with E-state index in [2.05, 4.69) is 4.90 Å². The van der Waals surface area contributed by atoms with Crippen LogP contribution in [-0.2, 0) is 9.53 Å². The maximum Gasteiger partial charge on any atom is 0.303 e. The van der Waals surface area contributed by atoms with Crippen molar-refractivity contribution in [1.29, 1.82) is 0 Å². The Morgan fingerprint density at radius 1 is 1.54 bits per heavy atom. The molecular formula is C9H17NO3. The molecule has 1 N–H and O–H groups in total. The Kier molecular flexibility index (Phi) is 4.18. The summed E-state index contributed by atoms with van der Waals surface area (Å²) in [5.74, 6) is -0.321. The predicted molar refractivity (Wildman–Crippen MR) is 48.3 cm³/mol. The molecule has 0 radical (unpaired) electrons. The van der Waals surface area contributed by atoms with Crippen LogP contribution in [-0.4, -0.2) is 48.3 Å². The molecule has 0 aromatic heterocycles. The van der Waals surface area contributed by atoms with E-state index in [1.165, 1.54) is 19.8 Å². The van der Waals surface area contributed by atoms with Crippen LogP contribution in [0.1, 0.15) is 19.8 Å². The van der Waals surface area contributed by atoms with Crippen LogP contribution in [0.2, 0.25) is 0 Å². The molecule has 1 aliphatic rings. The Hall–Kier alpha value is -0.610. The zero-order chi connectivity index (χ0) is 9.68. The van der Waals surface area contributed by atoms with Crippen molar-refractivity contribution in [2.24, 2.45) is 0 Å². The zero-order valence-corrected chi connectivity index (χ0v) is 8.03. The highest BCUT2D eigenvalue weighted by molar-refractivity contribution is 5.66. The van der Waals surface area contributed by atoms with Crippen molar-refractivity contribution >= 4 is 5.97 Å². The zero-order valence-electron chi connectivity index (χ0n) is 8.03. The normalized spacial score (nSPS) is 20.2. The number of aliphatic hydroxyl groups is 1. The highest BCUT2D eigenvalue weighted by Gasteiger charge is 2.18. The van der Waals surface area contributed by atoms with Crippen molar-refractivity contribution in [3.05, 3.63) is 0 Å². The van der Waals surface area contributed by atoms with E-state index in [1.54, 1.807) is 0 Å². The van der Waals surface area contributed by atoms with E-state index in [9.17, 15) is 4.79 Å². The number of rotatable bonds is 4.